The minimum absolute atomic E-state index is 0.240. The van der Waals surface area contributed by atoms with Crippen LogP contribution < -0.4 is 20.2 Å². The molecule has 10 aromatic rings. The van der Waals surface area contributed by atoms with Crippen LogP contribution in [0.3, 0.4) is 0 Å². The smallest absolute Gasteiger partial charge is 0.0775 e. The third kappa shape index (κ3) is 8.02. The Hall–Kier alpha value is -7.25. The summed E-state index contributed by atoms with van der Waals surface area (Å²) in [6, 6.07) is 82.1. The molecule has 0 unspecified atom stereocenters. The van der Waals surface area contributed by atoms with Gasteiger partial charge in [-0.05, 0) is 150 Å². The van der Waals surface area contributed by atoms with Crippen LogP contribution in [-0.4, -0.2) is 16.1 Å². The number of hydrogen-bond donors (Lipinski definition) is 0. The predicted octanol–water partition coefficient (Wildman–Crippen LogP) is 17.8. The van der Waals surface area contributed by atoms with Crippen LogP contribution in [0.15, 0.2) is 218 Å². The van der Waals surface area contributed by atoms with Gasteiger partial charge in [-0.1, -0.05) is 197 Å². The first-order valence-electron chi connectivity index (χ1n) is 24.5. The maximum Gasteiger partial charge on any atom is 0.0775 e. The average molecular weight is 925 g/mol. The monoisotopic (exact) mass is 924 g/mol. The zero-order valence-corrected chi connectivity index (χ0v) is 43.2. The van der Waals surface area contributed by atoms with Crippen LogP contribution in [0.4, 0.5) is 34.1 Å². The van der Waals surface area contributed by atoms with Crippen molar-refractivity contribution in [3.63, 3.8) is 0 Å². The second-order valence-corrected chi connectivity index (χ2v) is 31.6. The zero-order chi connectivity index (χ0) is 47.7. The molecule has 0 heterocycles. The number of rotatable bonds is 8. The zero-order valence-electron chi connectivity index (χ0n) is 41.2. The first kappa shape index (κ1) is 44.3. The molecule has 0 saturated carbocycles. The highest BCUT2D eigenvalue weighted by molar-refractivity contribution is 6.89. The lowest BCUT2D eigenvalue weighted by molar-refractivity contribution is 0.661. The molecule has 0 bridgehead atoms. The van der Waals surface area contributed by atoms with Crippen molar-refractivity contribution < 1.29 is 0 Å². The van der Waals surface area contributed by atoms with Gasteiger partial charge in [-0.15, -0.1) is 0 Å². The molecule has 4 heteroatoms. The summed E-state index contributed by atoms with van der Waals surface area (Å²) >= 11 is 0. The van der Waals surface area contributed by atoms with Crippen molar-refractivity contribution in [1.29, 1.82) is 0 Å². The minimum atomic E-state index is -1.48. The molecule has 0 fully saturated rings. The highest BCUT2D eigenvalue weighted by Crippen LogP contribution is 2.52. The largest absolute Gasteiger partial charge is 0.310 e. The van der Waals surface area contributed by atoms with Gasteiger partial charge in [0.2, 0.25) is 0 Å². The van der Waals surface area contributed by atoms with Crippen LogP contribution in [0.25, 0.3) is 54.2 Å². The first-order valence-corrected chi connectivity index (χ1v) is 31.5. The van der Waals surface area contributed by atoms with Gasteiger partial charge < -0.3 is 9.80 Å². The normalized spacial score (nSPS) is 13.0. The summed E-state index contributed by atoms with van der Waals surface area (Å²) in [4.78, 5) is 4.82. The lowest BCUT2D eigenvalue weighted by Gasteiger charge is -2.28. The van der Waals surface area contributed by atoms with E-state index in [1.54, 1.807) is 0 Å². The van der Waals surface area contributed by atoms with E-state index in [-0.39, 0.29) is 5.41 Å². The van der Waals surface area contributed by atoms with E-state index in [1.807, 2.05) is 0 Å². The number of anilines is 6. The average Bonchev–Trinajstić information content (AvgIpc) is 3.57. The van der Waals surface area contributed by atoms with Gasteiger partial charge in [0.05, 0.1) is 16.1 Å². The summed E-state index contributed by atoms with van der Waals surface area (Å²) < 4.78 is 0. The summed E-state index contributed by atoms with van der Waals surface area (Å²) in [5.74, 6) is 0. The summed E-state index contributed by atoms with van der Waals surface area (Å²) in [7, 11) is -2.94. The third-order valence-corrected chi connectivity index (χ3v) is 18.7. The molecule has 0 aromatic heterocycles. The van der Waals surface area contributed by atoms with Crippen LogP contribution >= 0.6 is 0 Å². The van der Waals surface area contributed by atoms with E-state index in [4.69, 9.17) is 0 Å². The lowest BCUT2D eigenvalue weighted by atomic mass is 9.81. The van der Waals surface area contributed by atoms with E-state index < -0.39 is 16.1 Å². The summed E-state index contributed by atoms with van der Waals surface area (Å²) in [6.45, 7) is 19.3. The lowest BCUT2D eigenvalue weighted by Crippen LogP contribution is -2.37. The van der Waals surface area contributed by atoms with Crippen molar-refractivity contribution in [2.45, 2.75) is 58.5 Å². The Labute approximate surface area is 410 Å². The molecule has 10 aromatic carbocycles. The van der Waals surface area contributed by atoms with Crippen molar-refractivity contribution in [3.8, 4) is 11.1 Å². The second kappa shape index (κ2) is 17.1. The second-order valence-electron chi connectivity index (χ2n) is 21.5. The van der Waals surface area contributed by atoms with Crippen molar-refractivity contribution in [3.05, 3.63) is 230 Å². The number of nitrogens with zero attached hydrogens (tertiary/aromatic N) is 2. The van der Waals surface area contributed by atoms with Crippen LogP contribution in [0.2, 0.25) is 39.3 Å². The molecule has 338 valence electrons. The van der Waals surface area contributed by atoms with Crippen molar-refractivity contribution in [2.24, 2.45) is 0 Å². The predicted molar refractivity (Wildman–Crippen MR) is 307 cm³/mol. The SMILES string of the molecule is CC1(C)c2cc(N(c3ccccc3)c3ccc([Si](C)(C)C)cc3)ccc2-c2cc3c(ccc4ccc(N(c5ccccc5)c5ccc([Si](C)(C)C)cc5)cc4c4ccccc4c4ccccc34)cc21. The van der Waals surface area contributed by atoms with Crippen LogP contribution in [0, 0.1) is 0 Å². The quantitative estimate of drug-likeness (QED) is 0.140. The summed E-state index contributed by atoms with van der Waals surface area (Å²) in [6.07, 6.45) is 0. The van der Waals surface area contributed by atoms with E-state index in [2.05, 4.69) is 281 Å². The van der Waals surface area contributed by atoms with Gasteiger partial charge in [0.1, 0.15) is 0 Å². The summed E-state index contributed by atoms with van der Waals surface area (Å²) in [5.41, 5.74) is 12.0. The number of benzene rings is 9. The fourth-order valence-electron chi connectivity index (χ4n) is 10.7. The van der Waals surface area contributed by atoms with Crippen molar-refractivity contribution in [1.82, 2.24) is 0 Å². The number of hydrogen-bond acceptors (Lipinski definition) is 2. The van der Waals surface area contributed by atoms with Gasteiger partial charge in [0.15, 0.2) is 0 Å². The molecule has 2 nitrogen and oxygen atoms in total. The van der Waals surface area contributed by atoms with Gasteiger partial charge >= 0.3 is 0 Å². The molecule has 11 rings (SSSR count). The standard InChI is InChI=1S/C65H60N2Si2/c1-65(2)63-41-46-28-27-45-29-30-51(66(47-19-11-9-12-20-47)49-31-36-53(37-32-49)68(3,4)5)42-60(45)57-25-17-15-23-55(57)56-24-16-18-26-58(56)61(46)44-62(63)59-40-35-52(43-64(59)65)67(48-21-13-10-14-22-48)50-33-38-54(39-34-50)69(6,7)8/h9-44H,1-8H3. The Bertz CT molecular complexity index is 3640. The molecule has 0 N–H and O–H groups in total. The van der Waals surface area contributed by atoms with Crippen molar-refractivity contribution >= 4 is 104 Å². The van der Waals surface area contributed by atoms with Gasteiger partial charge in [-0.3, -0.25) is 0 Å². The maximum atomic E-state index is 2.49. The van der Waals surface area contributed by atoms with Crippen LogP contribution in [0.5, 0.6) is 0 Å². The van der Waals surface area contributed by atoms with E-state index in [0.717, 1.165) is 22.7 Å². The number of fused-ring (bicyclic) bond motifs is 10. The minimum Gasteiger partial charge on any atom is -0.310 e. The Morgan fingerprint density at radius 3 is 1.14 bits per heavy atom. The topological polar surface area (TPSA) is 6.48 Å². The molecule has 0 atom stereocenters. The maximum absolute atomic E-state index is 2.49. The van der Waals surface area contributed by atoms with Gasteiger partial charge in [0, 0.05) is 39.5 Å². The molecule has 0 aliphatic heterocycles. The Kier molecular flexibility index (Phi) is 10.9. The molecule has 0 spiro atoms. The number of para-hydroxylation sites is 2. The van der Waals surface area contributed by atoms with E-state index >= 15 is 0 Å². The Morgan fingerprint density at radius 1 is 0.290 bits per heavy atom. The van der Waals surface area contributed by atoms with E-state index in [9.17, 15) is 0 Å². The van der Waals surface area contributed by atoms with Crippen LogP contribution in [0.1, 0.15) is 25.0 Å². The summed E-state index contributed by atoms with van der Waals surface area (Å²) in [5, 5.41) is 12.7. The van der Waals surface area contributed by atoms with Crippen LogP contribution in [-0.2, 0) is 5.41 Å². The molecule has 69 heavy (non-hydrogen) atoms. The molecule has 1 aliphatic rings. The molecule has 0 saturated heterocycles. The first-order chi connectivity index (χ1) is 33.2. The fraction of sp³-hybridized carbons (Fsp3) is 0.138. The van der Waals surface area contributed by atoms with Gasteiger partial charge in [-0.2, -0.15) is 0 Å². The highest BCUT2D eigenvalue weighted by Gasteiger charge is 2.36. The molecule has 0 amide bonds. The Morgan fingerprint density at radius 2 is 0.652 bits per heavy atom. The molecular formula is C65H60N2Si2. The van der Waals surface area contributed by atoms with Crippen molar-refractivity contribution in [2.75, 3.05) is 9.80 Å². The highest BCUT2D eigenvalue weighted by atomic mass is 28.3. The fourth-order valence-corrected chi connectivity index (χ4v) is 13.0. The molecular weight excluding hydrogens is 865 g/mol. The molecule has 0 radical (unpaired) electrons. The van der Waals surface area contributed by atoms with Gasteiger partial charge in [-0.25, -0.2) is 0 Å². The Balaban J connectivity index is 1.11. The molecule has 1 aliphatic carbocycles. The van der Waals surface area contributed by atoms with E-state index in [1.165, 1.54) is 87.1 Å². The van der Waals surface area contributed by atoms with Gasteiger partial charge in [0.25, 0.3) is 0 Å². The van der Waals surface area contributed by atoms with E-state index in [0.29, 0.717) is 0 Å². The third-order valence-electron chi connectivity index (χ3n) is 14.6.